The van der Waals surface area contributed by atoms with Crippen molar-refractivity contribution in [1.29, 1.82) is 0 Å². The minimum absolute atomic E-state index is 0.0292. The fraction of sp³-hybridized carbons (Fsp3) is 0.450. The molecular formula is C20H26F2N2O2. The summed E-state index contributed by atoms with van der Waals surface area (Å²) in [6, 6.07) is 4.00. The third-order valence-corrected chi connectivity index (χ3v) is 5.17. The van der Waals surface area contributed by atoms with E-state index in [4.69, 9.17) is 0 Å². The highest BCUT2D eigenvalue weighted by Gasteiger charge is 2.43. The summed E-state index contributed by atoms with van der Waals surface area (Å²) in [4.78, 5) is 11.0. The Kier molecular flexibility index (Phi) is 6.53. The van der Waals surface area contributed by atoms with Crippen molar-refractivity contribution in [1.82, 2.24) is 10.4 Å². The van der Waals surface area contributed by atoms with E-state index in [1.807, 2.05) is 6.92 Å². The van der Waals surface area contributed by atoms with Gasteiger partial charge in [0, 0.05) is 13.0 Å². The number of hydrazine groups is 1. The lowest BCUT2D eigenvalue weighted by molar-refractivity contribution is -0.118. The molecule has 1 unspecified atom stereocenters. The predicted molar refractivity (Wildman–Crippen MR) is 97.3 cm³/mol. The van der Waals surface area contributed by atoms with E-state index in [0.29, 0.717) is 36.9 Å². The van der Waals surface area contributed by atoms with Crippen LogP contribution in [0.1, 0.15) is 45.1 Å². The largest absolute Gasteiger partial charge is 0.510 e. The molecule has 0 bridgehead atoms. The number of aliphatic hydroxyl groups excluding tert-OH is 1. The van der Waals surface area contributed by atoms with Gasteiger partial charge in [-0.1, -0.05) is 31.2 Å². The molecule has 0 saturated carbocycles. The van der Waals surface area contributed by atoms with Gasteiger partial charge in [-0.3, -0.25) is 10.2 Å². The Hall–Kier alpha value is -2.21. The molecule has 1 amide bonds. The van der Waals surface area contributed by atoms with Crippen molar-refractivity contribution in [3.63, 3.8) is 0 Å². The smallest absolute Gasteiger partial charge is 0.221 e. The number of nitrogens with zero attached hydrogens (tertiary/aromatic N) is 1. The molecule has 1 saturated heterocycles. The maximum Gasteiger partial charge on any atom is 0.221 e. The number of halogens is 2. The van der Waals surface area contributed by atoms with Gasteiger partial charge in [0.1, 0.15) is 5.76 Å². The summed E-state index contributed by atoms with van der Waals surface area (Å²) in [5.74, 6) is -1.78. The molecule has 0 radical (unpaired) electrons. The third kappa shape index (κ3) is 3.80. The van der Waals surface area contributed by atoms with Crippen molar-refractivity contribution in [2.45, 2.75) is 51.5 Å². The Bertz CT molecular complexity index is 718. The fourth-order valence-corrected chi connectivity index (χ4v) is 3.66. The normalized spacial score (nSPS) is 21.8. The van der Waals surface area contributed by atoms with Gasteiger partial charge in [0.05, 0.1) is 5.54 Å². The van der Waals surface area contributed by atoms with Crippen LogP contribution in [0.15, 0.2) is 41.7 Å². The molecule has 6 heteroatoms. The first-order chi connectivity index (χ1) is 12.4. The average Bonchev–Trinajstić information content (AvgIpc) is 2.63. The molecular weight excluding hydrogens is 338 g/mol. The van der Waals surface area contributed by atoms with Gasteiger partial charge in [-0.05, 0) is 49.8 Å². The number of hydrogen-bond acceptors (Lipinski definition) is 3. The van der Waals surface area contributed by atoms with Crippen molar-refractivity contribution in [2.24, 2.45) is 0 Å². The van der Waals surface area contributed by atoms with Crippen LogP contribution < -0.4 is 5.43 Å². The summed E-state index contributed by atoms with van der Waals surface area (Å²) in [5.41, 5.74) is 3.11. The summed E-state index contributed by atoms with van der Waals surface area (Å²) in [7, 11) is 0. The van der Waals surface area contributed by atoms with E-state index >= 15 is 0 Å². The van der Waals surface area contributed by atoms with Crippen molar-refractivity contribution >= 4 is 6.41 Å². The molecule has 142 valence electrons. The summed E-state index contributed by atoms with van der Waals surface area (Å²) < 4.78 is 27.7. The van der Waals surface area contributed by atoms with Crippen LogP contribution in [0.3, 0.4) is 0 Å². The van der Waals surface area contributed by atoms with Gasteiger partial charge in [-0.2, -0.15) is 0 Å². The Labute approximate surface area is 153 Å². The summed E-state index contributed by atoms with van der Waals surface area (Å²) in [5, 5.41) is 12.9. The number of hydrogen-bond donors (Lipinski definition) is 2. The molecule has 1 aliphatic heterocycles. The van der Waals surface area contributed by atoms with E-state index in [0.717, 1.165) is 18.9 Å². The second-order valence-electron chi connectivity index (χ2n) is 6.74. The zero-order valence-corrected chi connectivity index (χ0v) is 15.3. The SMILES string of the molecule is C=C(C)/C(Cc1cccc(F)c1F)=C(\O)C1(CC)CCCCN1NC=O. The van der Waals surface area contributed by atoms with E-state index < -0.39 is 17.2 Å². The quantitative estimate of drug-likeness (QED) is 0.433. The Morgan fingerprint density at radius 3 is 2.77 bits per heavy atom. The molecule has 2 rings (SSSR count). The van der Waals surface area contributed by atoms with Crippen molar-refractivity contribution in [2.75, 3.05) is 6.54 Å². The van der Waals surface area contributed by atoms with Gasteiger partial charge >= 0.3 is 0 Å². The highest BCUT2D eigenvalue weighted by atomic mass is 19.2. The molecule has 1 heterocycles. The van der Waals surface area contributed by atoms with Crippen LogP contribution in [0.2, 0.25) is 0 Å². The van der Waals surface area contributed by atoms with Crippen LogP contribution >= 0.6 is 0 Å². The number of benzene rings is 1. The van der Waals surface area contributed by atoms with E-state index in [-0.39, 0.29) is 17.7 Å². The molecule has 0 aliphatic carbocycles. The molecule has 1 aliphatic rings. The number of rotatable bonds is 7. The first kappa shape index (κ1) is 20.1. The number of nitrogens with one attached hydrogen (secondary N) is 1. The first-order valence-electron chi connectivity index (χ1n) is 8.86. The maximum atomic E-state index is 14.1. The standard InChI is InChI=1S/C20H26F2N2O2/c1-4-20(10-5-6-11-24(20)23-13-25)19(26)16(14(2)3)12-15-8-7-9-17(21)18(15)22/h7-9,13,26H,2,4-6,10-12H2,1,3H3,(H,23,25)/b19-16-. The number of amides is 1. The van der Waals surface area contributed by atoms with Gasteiger partial charge in [0.15, 0.2) is 11.6 Å². The minimum atomic E-state index is -0.921. The fourth-order valence-electron chi connectivity index (χ4n) is 3.66. The molecule has 1 fully saturated rings. The van der Waals surface area contributed by atoms with Gasteiger partial charge in [-0.25, -0.2) is 13.8 Å². The Morgan fingerprint density at radius 2 is 2.15 bits per heavy atom. The van der Waals surface area contributed by atoms with E-state index in [2.05, 4.69) is 12.0 Å². The van der Waals surface area contributed by atoms with Crippen molar-refractivity contribution < 1.29 is 18.7 Å². The minimum Gasteiger partial charge on any atom is -0.510 e. The number of piperidine rings is 1. The van der Waals surface area contributed by atoms with E-state index in [9.17, 15) is 18.7 Å². The predicted octanol–water partition coefficient (Wildman–Crippen LogP) is 4.19. The van der Waals surface area contributed by atoms with E-state index in [1.165, 1.54) is 12.1 Å². The number of carbonyl (C=O) groups is 1. The molecule has 1 atom stereocenters. The maximum absolute atomic E-state index is 14.1. The van der Waals surface area contributed by atoms with Crippen LogP contribution in [0.5, 0.6) is 0 Å². The molecule has 2 N–H and O–H groups in total. The lowest BCUT2D eigenvalue weighted by Crippen LogP contribution is -2.58. The average molecular weight is 364 g/mol. The number of aliphatic hydroxyl groups is 1. The van der Waals surface area contributed by atoms with Gasteiger partial charge in [0.2, 0.25) is 6.41 Å². The second kappa shape index (κ2) is 8.45. The van der Waals surface area contributed by atoms with Crippen molar-refractivity contribution in [3.8, 4) is 0 Å². The van der Waals surface area contributed by atoms with Gasteiger partial charge in [0.25, 0.3) is 0 Å². The number of carbonyl (C=O) groups excluding carboxylic acids is 1. The zero-order chi connectivity index (χ0) is 19.3. The highest BCUT2D eigenvalue weighted by Crippen LogP contribution is 2.38. The highest BCUT2D eigenvalue weighted by molar-refractivity contribution is 5.46. The van der Waals surface area contributed by atoms with Crippen LogP contribution in [-0.4, -0.2) is 28.6 Å². The summed E-state index contributed by atoms with van der Waals surface area (Å²) >= 11 is 0. The molecule has 1 aromatic rings. The molecule has 0 spiro atoms. The van der Waals surface area contributed by atoms with Crippen LogP contribution in [0, 0.1) is 11.6 Å². The lowest BCUT2D eigenvalue weighted by Gasteiger charge is -2.46. The Balaban J connectivity index is 2.52. The monoisotopic (exact) mass is 364 g/mol. The van der Waals surface area contributed by atoms with E-state index in [1.54, 1.807) is 11.9 Å². The van der Waals surface area contributed by atoms with Gasteiger partial charge in [-0.15, -0.1) is 0 Å². The molecule has 4 nitrogen and oxygen atoms in total. The molecule has 0 aromatic heterocycles. The van der Waals surface area contributed by atoms with Crippen molar-refractivity contribution in [3.05, 3.63) is 58.9 Å². The molecule has 1 aromatic carbocycles. The number of allylic oxidation sites excluding steroid dienone is 2. The summed E-state index contributed by atoms with van der Waals surface area (Å²) in [6.07, 6.45) is 3.63. The second-order valence-corrected chi connectivity index (χ2v) is 6.74. The zero-order valence-electron chi connectivity index (χ0n) is 15.3. The topological polar surface area (TPSA) is 52.6 Å². The third-order valence-electron chi connectivity index (χ3n) is 5.17. The van der Waals surface area contributed by atoms with Crippen LogP contribution in [-0.2, 0) is 11.2 Å². The van der Waals surface area contributed by atoms with Crippen LogP contribution in [0.25, 0.3) is 0 Å². The molecule has 26 heavy (non-hydrogen) atoms. The summed E-state index contributed by atoms with van der Waals surface area (Å²) in [6.45, 7) is 8.18. The van der Waals surface area contributed by atoms with Gasteiger partial charge < -0.3 is 5.11 Å². The Morgan fingerprint density at radius 1 is 1.42 bits per heavy atom. The lowest BCUT2D eigenvalue weighted by atomic mass is 9.80. The first-order valence-corrected chi connectivity index (χ1v) is 8.86. The van der Waals surface area contributed by atoms with Crippen LogP contribution in [0.4, 0.5) is 8.78 Å².